The topological polar surface area (TPSA) is 3.24 Å². The molecule has 0 N–H and O–H groups in total. The van der Waals surface area contributed by atoms with Gasteiger partial charge in [0.1, 0.15) is 0 Å². The molecule has 1 aliphatic heterocycles. The molecular weight excluding hydrogens is 98.1 g/mol. The average molecular weight is 112 g/mol. The summed E-state index contributed by atoms with van der Waals surface area (Å²) in [5.41, 5.74) is 0. The second kappa shape index (κ2) is 2.06. The van der Waals surface area contributed by atoms with Crippen molar-refractivity contribution in [3.05, 3.63) is 5.92 Å². The van der Waals surface area contributed by atoms with E-state index < -0.39 is 0 Å². The molecule has 0 bridgehead atoms. The van der Waals surface area contributed by atoms with Crippen LogP contribution in [0.1, 0.15) is 20.8 Å². The minimum atomic E-state index is 0.749. The highest BCUT2D eigenvalue weighted by atomic mass is 15.2. The first-order valence-corrected chi connectivity index (χ1v) is 3.25. The summed E-state index contributed by atoms with van der Waals surface area (Å²) in [7, 11) is 0. The maximum Gasteiger partial charge on any atom is 0.00567 e. The van der Waals surface area contributed by atoms with E-state index in [0.29, 0.717) is 0 Å². The minimum Gasteiger partial charge on any atom is -0.300 e. The molecule has 0 aromatic carbocycles. The van der Waals surface area contributed by atoms with E-state index in [1.807, 2.05) is 0 Å². The highest BCUT2D eigenvalue weighted by molar-refractivity contribution is 5.02. The van der Waals surface area contributed by atoms with Gasteiger partial charge in [0.2, 0.25) is 0 Å². The van der Waals surface area contributed by atoms with Crippen molar-refractivity contribution < 1.29 is 0 Å². The molecule has 0 atom stereocenters. The smallest absolute Gasteiger partial charge is 0.00567 e. The van der Waals surface area contributed by atoms with Crippen molar-refractivity contribution in [2.45, 2.75) is 26.8 Å². The molecule has 1 radical (unpaired) electrons. The Hall–Kier alpha value is -0.0400. The second-order valence-corrected chi connectivity index (χ2v) is 2.96. The maximum atomic E-state index is 2.45. The van der Waals surface area contributed by atoms with Gasteiger partial charge in [-0.2, -0.15) is 0 Å². The minimum absolute atomic E-state index is 0.749. The molecule has 0 aliphatic carbocycles. The molecule has 1 fully saturated rings. The summed E-state index contributed by atoms with van der Waals surface area (Å²) in [5, 5.41) is 0. The second-order valence-electron chi connectivity index (χ2n) is 2.96. The zero-order valence-electron chi connectivity index (χ0n) is 5.94. The van der Waals surface area contributed by atoms with E-state index in [1.165, 1.54) is 13.1 Å². The highest BCUT2D eigenvalue weighted by Crippen LogP contribution is 2.18. The van der Waals surface area contributed by atoms with E-state index in [0.717, 1.165) is 6.04 Å². The van der Waals surface area contributed by atoms with Crippen LogP contribution in [0, 0.1) is 5.92 Å². The SMILES string of the molecule is C[C]1CN(C(C)C)C1. The number of rotatable bonds is 1. The Labute approximate surface area is 51.7 Å². The normalized spacial score (nSPS) is 24.0. The summed E-state index contributed by atoms with van der Waals surface area (Å²) in [6.45, 7) is 9.17. The largest absolute Gasteiger partial charge is 0.300 e. The number of hydrogen-bond acceptors (Lipinski definition) is 1. The van der Waals surface area contributed by atoms with Gasteiger partial charge in [-0.05, 0) is 13.8 Å². The fraction of sp³-hybridized carbons (Fsp3) is 0.857. The first-order chi connectivity index (χ1) is 3.70. The van der Waals surface area contributed by atoms with Crippen LogP contribution in [0.2, 0.25) is 0 Å². The van der Waals surface area contributed by atoms with Crippen LogP contribution >= 0.6 is 0 Å². The number of likely N-dealkylation sites (tertiary alicyclic amines) is 1. The van der Waals surface area contributed by atoms with Crippen molar-refractivity contribution in [3.63, 3.8) is 0 Å². The lowest BCUT2D eigenvalue weighted by Gasteiger charge is -2.39. The number of hydrogen-bond donors (Lipinski definition) is 0. The third kappa shape index (κ3) is 1.03. The molecule has 0 spiro atoms. The summed E-state index contributed by atoms with van der Waals surface area (Å²) < 4.78 is 0. The van der Waals surface area contributed by atoms with Crippen LogP contribution in [0.25, 0.3) is 0 Å². The molecule has 8 heavy (non-hydrogen) atoms. The van der Waals surface area contributed by atoms with E-state index in [1.54, 1.807) is 5.92 Å². The van der Waals surface area contributed by atoms with E-state index >= 15 is 0 Å². The van der Waals surface area contributed by atoms with E-state index in [-0.39, 0.29) is 0 Å². The Morgan fingerprint density at radius 2 is 1.88 bits per heavy atom. The van der Waals surface area contributed by atoms with E-state index in [9.17, 15) is 0 Å². The van der Waals surface area contributed by atoms with Crippen LogP contribution in [-0.2, 0) is 0 Å². The van der Waals surface area contributed by atoms with Gasteiger partial charge in [-0.3, -0.25) is 4.90 Å². The Morgan fingerprint density at radius 3 is 2.00 bits per heavy atom. The summed E-state index contributed by atoms with van der Waals surface area (Å²) in [6, 6.07) is 0.749. The molecule has 1 rings (SSSR count). The van der Waals surface area contributed by atoms with Gasteiger partial charge in [0.15, 0.2) is 0 Å². The van der Waals surface area contributed by atoms with Crippen molar-refractivity contribution in [2.75, 3.05) is 13.1 Å². The van der Waals surface area contributed by atoms with Crippen molar-refractivity contribution >= 4 is 0 Å². The van der Waals surface area contributed by atoms with E-state index in [2.05, 4.69) is 25.7 Å². The molecule has 1 heteroatoms. The Bertz CT molecular complexity index is 72.5. The third-order valence-electron chi connectivity index (χ3n) is 1.68. The zero-order chi connectivity index (χ0) is 6.15. The van der Waals surface area contributed by atoms with Gasteiger partial charge in [0, 0.05) is 25.0 Å². The van der Waals surface area contributed by atoms with Crippen LogP contribution in [0.4, 0.5) is 0 Å². The molecular formula is C7H14N. The Kier molecular flexibility index (Phi) is 1.57. The van der Waals surface area contributed by atoms with Crippen molar-refractivity contribution in [2.24, 2.45) is 0 Å². The summed E-state index contributed by atoms with van der Waals surface area (Å²) in [4.78, 5) is 2.45. The van der Waals surface area contributed by atoms with Crippen molar-refractivity contribution in [1.82, 2.24) is 4.90 Å². The van der Waals surface area contributed by atoms with Gasteiger partial charge in [0.05, 0.1) is 0 Å². The standard InChI is InChI=1S/C7H14N/c1-6(2)8-4-7(3)5-8/h6H,4-5H2,1-3H3. The molecule has 1 aliphatic rings. The molecule has 47 valence electrons. The predicted molar refractivity (Wildman–Crippen MR) is 35.6 cm³/mol. The Balaban J connectivity index is 2.15. The Morgan fingerprint density at radius 1 is 1.38 bits per heavy atom. The number of nitrogens with zero attached hydrogens (tertiary/aromatic N) is 1. The third-order valence-corrected chi connectivity index (χ3v) is 1.68. The summed E-state index contributed by atoms with van der Waals surface area (Å²) in [5.74, 6) is 1.62. The van der Waals surface area contributed by atoms with Gasteiger partial charge in [-0.15, -0.1) is 0 Å². The lowest BCUT2D eigenvalue weighted by atomic mass is 10.0. The van der Waals surface area contributed by atoms with E-state index in [4.69, 9.17) is 0 Å². The molecule has 0 amide bonds. The average Bonchev–Trinajstić information content (AvgIpc) is 1.57. The van der Waals surface area contributed by atoms with Crippen LogP contribution in [0.5, 0.6) is 0 Å². The zero-order valence-corrected chi connectivity index (χ0v) is 5.94. The molecule has 0 unspecified atom stereocenters. The predicted octanol–water partition coefficient (Wildman–Crippen LogP) is 1.30. The molecule has 1 saturated heterocycles. The van der Waals surface area contributed by atoms with Crippen LogP contribution in [0.3, 0.4) is 0 Å². The van der Waals surface area contributed by atoms with Gasteiger partial charge in [0.25, 0.3) is 0 Å². The van der Waals surface area contributed by atoms with Gasteiger partial charge < -0.3 is 0 Å². The van der Waals surface area contributed by atoms with Crippen molar-refractivity contribution in [3.8, 4) is 0 Å². The lowest BCUT2D eigenvalue weighted by molar-refractivity contribution is 0.166. The fourth-order valence-electron chi connectivity index (χ4n) is 1.01. The molecule has 1 nitrogen and oxygen atoms in total. The monoisotopic (exact) mass is 112 g/mol. The molecule has 0 saturated carbocycles. The first-order valence-electron chi connectivity index (χ1n) is 3.25. The van der Waals surface area contributed by atoms with Crippen LogP contribution in [0.15, 0.2) is 0 Å². The van der Waals surface area contributed by atoms with Crippen LogP contribution in [-0.4, -0.2) is 24.0 Å². The van der Waals surface area contributed by atoms with Gasteiger partial charge in [-0.1, -0.05) is 6.92 Å². The van der Waals surface area contributed by atoms with Crippen molar-refractivity contribution in [1.29, 1.82) is 0 Å². The van der Waals surface area contributed by atoms with Gasteiger partial charge >= 0.3 is 0 Å². The summed E-state index contributed by atoms with van der Waals surface area (Å²) in [6.07, 6.45) is 0. The molecule has 1 heterocycles. The first kappa shape index (κ1) is 6.09. The fourth-order valence-corrected chi connectivity index (χ4v) is 1.01. The maximum absolute atomic E-state index is 2.45. The quantitative estimate of drug-likeness (QED) is 0.494. The molecule has 0 aromatic rings. The van der Waals surface area contributed by atoms with Gasteiger partial charge in [-0.25, -0.2) is 0 Å². The highest BCUT2D eigenvalue weighted by Gasteiger charge is 2.24. The summed E-state index contributed by atoms with van der Waals surface area (Å²) >= 11 is 0. The molecule has 0 aromatic heterocycles. The van der Waals surface area contributed by atoms with Crippen LogP contribution < -0.4 is 0 Å². The lowest BCUT2D eigenvalue weighted by Crippen LogP contribution is -2.47.